The number of alkyl halides is 3. The summed E-state index contributed by atoms with van der Waals surface area (Å²) in [4.78, 5) is 32.8. The maximum Gasteiger partial charge on any atom is 0.416 e. The minimum Gasteiger partial charge on any atom is -0.367 e. The number of nitrogens with zero attached hydrogens (tertiary/aromatic N) is 3. The molecule has 0 spiro atoms. The van der Waals surface area contributed by atoms with Crippen molar-refractivity contribution in [2.45, 2.75) is 17.5 Å². The van der Waals surface area contributed by atoms with E-state index in [0.29, 0.717) is 34.0 Å². The number of thioether (sulfide) groups is 1. The third kappa shape index (κ3) is 6.79. The molecule has 0 unspecified atom stereocenters. The molecule has 6 nitrogen and oxygen atoms in total. The summed E-state index contributed by atoms with van der Waals surface area (Å²) in [5, 5.41) is 2.94. The van der Waals surface area contributed by atoms with Crippen molar-refractivity contribution in [1.82, 2.24) is 10.2 Å². The van der Waals surface area contributed by atoms with E-state index in [0.717, 1.165) is 56.2 Å². The molecule has 0 saturated carbocycles. The van der Waals surface area contributed by atoms with E-state index >= 15 is 0 Å². The van der Waals surface area contributed by atoms with E-state index in [2.05, 4.69) is 15.1 Å². The zero-order valence-electron chi connectivity index (χ0n) is 23.0. The van der Waals surface area contributed by atoms with Crippen LogP contribution in [0, 0.1) is 5.82 Å². The number of hydrogen-bond acceptors (Lipinski definition) is 5. The van der Waals surface area contributed by atoms with E-state index in [1.165, 1.54) is 34.9 Å². The second-order valence-corrected chi connectivity index (χ2v) is 11.3. The fourth-order valence-corrected chi connectivity index (χ4v) is 6.07. The number of carbonyl (C=O) groups is 2. The van der Waals surface area contributed by atoms with Crippen molar-refractivity contribution in [1.29, 1.82) is 0 Å². The lowest BCUT2D eigenvalue weighted by Crippen LogP contribution is -2.47. The molecule has 2 aliphatic heterocycles. The number of anilines is 2. The summed E-state index contributed by atoms with van der Waals surface area (Å²) in [7, 11) is 1.61. The summed E-state index contributed by atoms with van der Waals surface area (Å²) in [6.07, 6.45) is -2.10. The summed E-state index contributed by atoms with van der Waals surface area (Å²) >= 11 is 1.22. The lowest BCUT2D eigenvalue weighted by Gasteiger charge is -2.36. The number of benzene rings is 3. The molecule has 0 bridgehead atoms. The molecule has 2 amide bonds. The molecule has 3 aromatic carbocycles. The first-order chi connectivity index (χ1) is 20.1. The summed E-state index contributed by atoms with van der Waals surface area (Å²) in [5.74, 6) is -0.751. The number of piperazine rings is 1. The number of carbonyl (C=O) groups excluding carboxylic acids is 2. The smallest absolute Gasteiger partial charge is 0.367 e. The Kier molecular flexibility index (Phi) is 8.88. The van der Waals surface area contributed by atoms with Gasteiger partial charge in [0.15, 0.2) is 0 Å². The number of nitrogens with one attached hydrogen (secondary N) is 1. The minimum absolute atomic E-state index is 0.208. The summed E-state index contributed by atoms with van der Waals surface area (Å²) < 4.78 is 52.6. The van der Waals surface area contributed by atoms with Gasteiger partial charge in [-0.15, -0.1) is 0 Å². The molecule has 2 heterocycles. The second-order valence-electron chi connectivity index (χ2n) is 10.2. The topological polar surface area (TPSA) is 55.9 Å². The summed E-state index contributed by atoms with van der Waals surface area (Å²) in [6.45, 7) is 4.44. The molecule has 42 heavy (non-hydrogen) atoms. The van der Waals surface area contributed by atoms with Gasteiger partial charge in [0, 0.05) is 50.2 Å². The van der Waals surface area contributed by atoms with Crippen LogP contribution in [-0.4, -0.2) is 63.0 Å². The normalized spacial score (nSPS) is 17.0. The first-order valence-corrected chi connectivity index (χ1v) is 14.4. The summed E-state index contributed by atoms with van der Waals surface area (Å²) in [5.41, 5.74) is 1.39. The van der Waals surface area contributed by atoms with Gasteiger partial charge in [0.1, 0.15) is 5.82 Å². The van der Waals surface area contributed by atoms with Crippen LogP contribution in [0.5, 0.6) is 0 Å². The van der Waals surface area contributed by atoms with Crippen LogP contribution in [0.25, 0.3) is 6.08 Å². The molecule has 1 fully saturated rings. The van der Waals surface area contributed by atoms with Gasteiger partial charge in [-0.05, 0) is 67.1 Å². The number of rotatable bonds is 7. The van der Waals surface area contributed by atoms with Crippen molar-refractivity contribution in [3.8, 4) is 0 Å². The number of fused-ring (bicyclic) bond motifs is 1. The van der Waals surface area contributed by atoms with Crippen LogP contribution < -0.4 is 15.1 Å². The molecule has 0 radical (unpaired) electrons. The molecular formula is C31H30F4N4O2S. The van der Waals surface area contributed by atoms with E-state index in [4.69, 9.17) is 0 Å². The third-order valence-corrected chi connectivity index (χ3v) is 8.43. The Morgan fingerprint density at radius 2 is 1.69 bits per heavy atom. The Balaban J connectivity index is 1.12. The first kappa shape index (κ1) is 29.7. The third-order valence-electron chi connectivity index (χ3n) is 7.36. The highest BCUT2D eigenvalue weighted by Gasteiger charge is 2.30. The molecule has 2 aliphatic rings. The molecule has 11 heteroatoms. The molecule has 5 rings (SSSR count). The average molecular weight is 599 g/mol. The first-order valence-electron chi connectivity index (χ1n) is 13.6. The fourth-order valence-electron chi connectivity index (χ4n) is 4.98. The largest absolute Gasteiger partial charge is 0.416 e. The zero-order chi connectivity index (χ0) is 29.9. The molecule has 1 N–H and O–H groups in total. The molecule has 3 aromatic rings. The van der Waals surface area contributed by atoms with Crippen LogP contribution in [0.2, 0.25) is 0 Å². The van der Waals surface area contributed by atoms with Crippen LogP contribution in [0.3, 0.4) is 0 Å². The Morgan fingerprint density at radius 1 is 0.976 bits per heavy atom. The van der Waals surface area contributed by atoms with Crippen LogP contribution >= 0.6 is 11.8 Å². The number of hydrogen-bond donors (Lipinski definition) is 1. The molecule has 220 valence electrons. The Morgan fingerprint density at radius 3 is 2.38 bits per heavy atom. The van der Waals surface area contributed by atoms with E-state index in [1.54, 1.807) is 43.5 Å². The van der Waals surface area contributed by atoms with Crippen LogP contribution in [0.1, 0.15) is 27.9 Å². The number of likely N-dealkylation sites (N-methyl/N-ethyl adjacent to an activating group) is 1. The Bertz CT molecular complexity index is 1480. The van der Waals surface area contributed by atoms with Crippen molar-refractivity contribution in [2.75, 3.05) is 56.1 Å². The van der Waals surface area contributed by atoms with Gasteiger partial charge >= 0.3 is 6.18 Å². The Labute approximate surface area is 246 Å². The molecule has 0 aliphatic carbocycles. The second kappa shape index (κ2) is 12.6. The van der Waals surface area contributed by atoms with Crippen molar-refractivity contribution in [3.05, 3.63) is 94.1 Å². The van der Waals surface area contributed by atoms with E-state index < -0.39 is 11.7 Å². The van der Waals surface area contributed by atoms with Gasteiger partial charge in [-0.2, -0.15) is 13.2 Å². The quantitative estimate of drug-likeness (QED) is 0.209. The van der Waals surface area contributed by atoms with Crippen molar-refractivity contribution in [3.63, 3.8) is 0 Å². The van der Waals surface area contributed by atoms with Gasteiger partial charge in [0.2, 0.25) is 0 Å². The van der Waals surface area contributed by atoms with Gasteiger partial charge in [-0.25, -0.2) is 4.39 Å². The highest BCUT2D eigenvalue weighted by Crippen LogP contribution is 2.42. The molecular weight excluding hydrogens is 568 g/mol. The lowest BCUT2D eigenvalue weighted by molar-refractivity contribution is -0.137. The van der Waals surface area contributed by atoms with Gasteiger partial charge in [-0.3, -0.25) is 14.5 Å². The lowest BCUT2D eigenvalue weighted by atomic mass is 10.1. The van der Waals surface area contributed by atoms with E-state index in [1.807, 2.05) is 6.07 Å². The fraction of sp³-hybridized carbons (Fsp3) is 0.290. The zero-order valence-corrected chi connectivity index (χ0v) is 23.8. The number of halogens is 4. The van der Waals surface area contributed by atoms with E-state index in [-0.39, 0.29) is 17.6 Å². The van der Waals surface area contributed by atoms with Gasteiger partial charge in [-0.1, -0.05) is 36.0 Å². The van der Waals surface area contributed by atoms with Gasteiger partial charge in [0.25, 0.3) is 11.8 Å². The average Bonchev–Trinajstić information content (AvgIpc) is 2.98. The monoisotopic (exact) mass is 598 g/mol. The van der Waals surface area contributed by atoms with Crippen molar-refractivity contribution >= 4 is 41.0 Å². The standard InChI is InChI=1S/C31H30F4N4O2S/c1-37-26-20-22(9-12-27(26)42-28(30(37)41)19-21-7-10-23(11-8-21)31(33,34)35)29(40)36-13-4-14-38-15-17-39(18-16-38)25-6-3-2-5-24(25)32/h2-3,5-12,19-20H,4,13-18H2,1H3,(H,36,40)/b28-19-. The summed E-state index contributed by atoms with van der Waals surface area (Å²) in [6, 6.07) is 16.6. The number of para-hydroxylation sites is 1. The van der Waals surface area contributed by atoms with Crippen LogP contribution in [-0.2, 0) is 11.0 Å². The molecule has 0 aromatic heterocycles. The maximum atomic E-state index is 14.1. The predicted molar refractivity (Wildman–Crippen MR) is 157 cm³/mol. The molecule has 0 atom stereocenters. The van der Waals surface area contributed by atoms with Gasteiger partial charge < -0.3 is 15.1 Å². The van der Waals surface area contributed by atoms with Gasteiger partial charge in [0.05, 0.1) is 21.8 Å². The Hall–Kier alpha value is -3.83. The predicted octanol–water partition coefficient (Wildman–Crippen LogP) is 5.90. The highest BCUT2D eigenvalue weighted by atomic mass is 32.2. The van der Waals surface area contributed by atoms with Crippen molar-refractivity contribution in [2.24, 2.45) is 0 Å². The highest BCUT2D eigenvalue weighted by molar-refractivity contribution is 8.04. The minimum atomic E-state index is -4.42. The van der Waals surface area contributed by atoms with Crippen molar-refractivity contribution < 1.29 is 27.2 Å². The van der Waals surface area contributed by atoms with Crippen LogP contribution in [0.15, 0.2) is 76.5 Å². The molecule has 1 saturated heterocycles. The maximum absolute atomic E-state index is 14.1. The SMILES string of the molecule is CN1C(=O)/C(=C/c2ccc(C(F)(F)F)cc2)Sc2ccc(C(=O)NCCCN3CCN(c4ccccc4F)CC3)cc21. The van der Waals surface area contributed by atoms with E-state index in [9.17, 15) is 27.2 Å². The number of amides is 2. The van der Waals surface area contributed by atoms with Crippen LogP contribution in [0.4, 0.5) is 28.9 Å².